The van der Waals surface area contributed by atoms with Gasteiger partial charge in [-0.2, -0.15) is 0 Å². The minimum atomic E-state index is -0.190. The maximum absolute atomic E-state index is 11.5. The molecule has 0 atom stereocenters. The van der Waals surface area contributed by atoms with Gasteiger partial charge in [-0.15, -0.1) is 0 Å². The monoisotopic (exact) mass is 260 g/mol. The zero-order valence-electron chi connectivity index (χ0n) is 11.2. The van der Waals surface area contributed by atoms with Crippen LogP contribution in [0.3, 0.4) is 0 Å². The van der Waals surface area contributed by atoms with Crippen molar-refractivity contribution in [2.45, 2.75) is 32.6 Å². The van der Waals surface area contributed by atoms with Gasteiger partial charge >= 0.3 is 0 Å². The Kier molecular flexibility index (Phi) is 6.44. The highest BCUT2D eigenvalue weighted by atomic mass is 16.3. The lowest BCUT2D eigenvalue weighted by molar-refractivity contribution is -0.110. The molecular weight excluding hydrogens is 240 g/mol. The van der Waals surface area contributed by atoms with E-state index in [-0.39, 0.29) is 17.3 Å². The predicted octanol–water partition coefficient (Wildman–Crippen LogP) is 3.82. The largest absolute Gasteiger partial charge is 0.504 e. The smallest absolute Gasteiger partial charge is 0.178 e. The van der Waals surface area contributed by atoms with E-state index in [1.807, 2.05) is 6.08 Å². The van der Waals surface area contributed by atoms with Crippen LogP contribution in [-0.2, 0) is 4.79 Å². The van der Waals surface area contributed by atoms with Gasteiger partial charge in [-0.1, -0.05) is 38.0 Å². The highest BCUT2D eigenvalue weighted by Crippen LogP contribution is 2.25. The summed E-state index contributed by atoms with van der Waals surface area (Å²) in [5.74, 6) is -0.437. The molecular formula is C16H20O3. The first-order valence-electron chi connectivity index (χ1n) is 6.54. The van der Waals surface area contributed by atoms with Crippen LogP contribution >= 0.6 is 0 Å². The SMILES string of the molecule is CCCCC/C=C\C(=O)/C=C/c1ccc(O)c(O)c1. The van der Waals surface area contributed by atoms with Gasteiger partial charge in [0.15, 0.2) is 17.3 Å². The molecule has 1 rings (SSSR count). The van der Waals surface area contributed by atoms with Crippen LogP contribution in [0.15, 0.2) is 36.4 Å². The molecule has 0 saturated carbocycles. The van der Waals surface area contributed by atoms with Crippen molar-refractivity contribution in [2.24, 2.45) is 0 Å². The lowest BCUT2D eigenvalue weighted by Gasteiger charge is -1.97. The van der Waals surface area contributed by atoms with Gasteiger partial charge in [0.2, 0.25) is 0 Å². The number of hydrogen-bond acceptors (Lipinski definition) is 3. The summed E-state index contributed by atoms with van der Waals surface area (Å²) in [5.41, 5.74) is 0.669. The number of ketones is 1. The normalized spacial score (nSPS) is 11.4. The van der Waals surface area contributed by atoms with Crippen LogP contribution in [0.2, 0.25) is 0 Å². The number of phenolic OH excluding ortho intramolecular Hbond substituents is 2. The standard InChI is InChI=1S/C16H20O3/c1-2-3-4-5-6-7-14(17)10-8-13-9-11-15(18)16(19)12-13/h6-12,18-19H,2-5H2,1H3/b7-6-,10-8+. The number of carbonyl (C=O) groups excluding carboxylic acids is 1. The van der Waals surface area contributed by atoms with Gasteiger partial charge in [0.25, 0.3) is 0 Å². The molecule has 0 aliphatic heterocycles. The number of hydrogen-bond donors (Lipinski definition) is 2. The number of allylic oxidation sites excluding steroid dienone is 3. The van der Waals surface area contributed by atoms with E-state index >= 15 is 0 Å². The van der Waals surface area contributed by atoms with Crippen LogP contribution in [0.1, 0.15) is 38.2 Å². The minimum absolute atomic E-state index is 0.0796. The molecule has 0 spiro atoms. The molecule has 0 aliphatic carbocycles. The van der Waals surface area contributed by atoms with Crippen LogP contribution in [0.25, 0.3) is 6.08 Å². The Hall–Kier alpha value is -2.03. The molecule has 2 N–H and O–H groups in total. The zero-order chi connectivity index (χ0) is 14.1. The van der Waals surface area contributed by atoms with Gasteiger partial charge < -0.3 is 10.2 Å². The lowest BCUT2D eigenvalue weighted by atomic mass is 10.1. The zero-order valence-corrected chi connectivity index (χ0v) is 11.2. The molecule has 0 heterocycles. The third-order valence-electron chi connectivity index (χ3n) is 2.70. The summed E-state index contributed by atoms with van der Waals surface area (Å²) in [6.07, 6.45) is 10.9. The van der Waals surface area contributed by atoms with Gasteiger partial charge in [-0.25, -0.2) is 0 Å². The number of carbonyl (C=O) groups is 1. The Balaban J connectivity index is 2.47. The van der Waals surface area contributed by atoms with E-state index in [1.54, 1.807) is 18.2 Å². The van der Waals surface area contributed by atoms with Gasteiger partial charge in [-0.05, 0) is 42.7 Å². The Bertz CT molecular complexity index is 473. The van der Waals surface area contributed by atoms with E-state index in [2.05, 4.69) is 6.92 Å². The molecule has 1 aromatic carbocycles. The summed E-state index contributed by atoms with van der Waals surface area (Å²) in [4.78, 5) is 11.5. The first-order valence-corrected chi connectivity index (χ1v) is 6.54. The molecule has 0 bridgehead atoms. The Morgan fingerprint density at radius 2 is 1.95 bits per heavy atom. The maximum atomic E-state index is 11.5. The topological polar surface area (TPSA) is 57.5 Å². The van der Waals surface area contributed by atoms with Gasteiger partial charge in [0.05, 0.1) is 0 Å². The van der Waals surface area contributed by atoms with Crippen LogP contribution < -0.4 is 0 Å². The molecule has 3 heteroatoms. The second-order valence-corrected chi connectivity index (χ2v) is 4.38. The van der Waals surface area contributed by atoms with E-state index < -0.39 is 0 Å². The Labute approximate surface area is 113 Å². The average Bonchev–Trinajstić information content (AvgIpc) is 2.40. The first kappa shape index (κ1) is 15.0. The van der Waals surface area contributed by atoms with E-state index in [0.29, 0.717) is 5.56 Å². The second-order valence-electron chi connectivity index (χ2n) is 4.38. The van der Waals surface area contributed by atoms with E-state index in [1.165, 1.54) is 31.1 Å². The van der Waals surface area contributed by atoms with Crippen LogP contribution in [0.5, 0.6) is 11.5 Å². The molecule has 1 aromatic rings. The van der Waals surface area contributed by atoms with Crippen molar-refractivity contribution in [1.29, 1.82) is 0 Å². The summed E-state index contributed by atoms with van der Waals surface area (Å²) in [5, 5.41) is 18.5. The highest BCUT2D eigenvalue weighted by Gasteiger charge is 1.98. The third-order valence-corrected chi connectivity index (χ3v) is 2.70. The third kappa shape index (κ3) is 5.91. The van der Waals surface area contributed by atoms with E-state index in [0.717, 1.165) is 12.8 Å². The minimum Gasteiger partial charge on any atom is -0.504 e. The highest BCUT2D eigenvalue weighted by molar-refractivity contribution is 6.01. The van der Waals surface area contributed by atoms with Crippen molar-refractivity contribution in [3.05, 3.63) is 42.0 Å². The van der Waals surface area contributed by atoms with Gasteiger partial charge in [0, 0.05) is 0 Å². The van der Waals surface area contributed by atoms with Gasteiger partial charge in [0.1, 0.15) is 0 Å². The molecule has 0 unspecified atom stereocenters. The molecule has 0 aromatic heterocycles. The van der Waals surface area contributed by atoms with Crippen molar-refractivity contribution in [3.8, 4) is 11.5 Å². The Morgan fingerprint density at radius 1 is 1.16 bits per heavy atom. The number of phenols is 2. The summed E-state index contributed by atoms with van der Waals surface area (Å²) in [7, 11) is 0. The van der Waals surface area contributed by atoms with Crippen LogP contribution in [0, 0.1) is 0 Å². The average molecular weight is 260 g/mol. The Morgan fingerprint density at radius 3 is 2.63 bits per heavy atom. The summed E-state index contributed by atoms with van der Waals surface area (Å²) in [6.45, 7) is 2.14. The number of aromatic hydroxyl groups is 2. The van der Waals surface area contributed by atoms with Crippen molar-refractivity contribution >= 4 is 11.9 Å². The van der Waals surface area contributed by atoms with E-state index in [9.17, 15) is 9.90 Å². The molecule has 0 radical (unpaired) electrons. The van der Waals surface area contributed by atoms with Crippen molar-refractivity contribution in [1.82, 2.24) is 0 Å². The van der Waals surface area contributed by atoms with Crippen LogP contribution in [-0.4, -0.2) is 16.0 Å². The van der Waals surface area contributed by atoms with Crippen molar-refractivity contribution in [2.75, 3.05) is 0 Å². The maximum Gasteiger partial charge on any atom is 0.178 e. The fourth-order valence-electron chi connectivity index (χ4n) is 1.59. The fourth-order valence-corrected chi connectivity index (χ4v) is 1.59. The predicted molar refractivity (Wildman–Crippen MR) is 77.1 cm³/mol. The molecule has 19 heavy (non-hydrogen) atoms. The van der Waals surface area contributed by atoms with Crippen molar-refractivity contribution < 1.29 is 15.0 Å². The number of benzene rings is 1. The number of rotatable bonds is 7. The molecule has 102 valence electrons. The molecule has 0 fully saturated rings. The first-order chi connectivity index (χ1) is 9.13. The van der Waals surface area contributed by atoms with E-state index in [4.69, 9.17) is 5.11 Å². The quantitative estimate of drug-likeness (QED) is 0.445. The van der Waals surface area contributed by atoms with Crippen LogP contribution in [0.4, 0.5) is 0 Å². The second kappa shape index (κ2) is 8.14. The lowest BCUT2D eigenvalue weighted by Crippen LogP contribution is -1.85. The molecule has 0 saturated heterocycles. The van der Waals surface area contributed by atoms with Gasteiger partial charge in [-0.3, -0.25) is 4.79 Å². The summed E-state index contributed by atoms with van der Waals surface area (Å²) < 4.78 is 0. The van der Waals surface area contributed by atoms with Crippen molar-refractivity contribution in [3.63, 3.8) is 0 Å². The summed E-state index contributed by atoms with van der Waals surface area (Å²) in [6, 6.07) is 4.42. The summed E-state index contributed by atoms with van der Waals surface area (Å²) >= 11 is 0. The fraction of sp³-hybridized carbons (Fsp3) is 0.312. The molecule has 0 amide bonds. The molecule has 3 nitrogen and oxygen atoms in total. The molecule has 0 aliphatic rings. The number of unbranched alkanes of at least 4 members (excludes halogenated alkanes) is 3.